The maximum Gasteiger partial charge on any atom is 0.251 e. The molecule has 0 aliphatic carbocycles. The van der Waals surface area contributed by atoms with E-state index in [4.69, 9.17) is 23.2 Å². The molecule has 2 rings (SSSR count). The van der Waals surface area contributed by atoms with Crippen LogP contribution in [0.5, 0.6) is 0 Å². The van der Waals surface area contributed by atoms with Crippen molar-refractivity contribution in [2.75, 3.05) is 17.1 Å². The van der Waals surface area contributed by atoms with Gasteiger partial charge in [0.2, 0.25) is 10.0 Å². The molecule has 0 heterocycles. The predicted octanol–water partition coefficient (Wildman–Crippen LogP) is 3.71. The molecular formula is C17H18Cl2N2O3S. The summed E-state index contributed by atoms with van der Waals surface area (Å²) in [4.78, 5) is 11.8. The first-order chi connectivity index (χ1) is 11.7. The van der Waals surface area contributed by atoms with E-state index in [1.54, 1.807) is 24.3 Å². The lowest BCUT2D eigenvalue weighted by Crippen LogP contribution is -2.29. The number of hydrogen-bond acceptors (Lipinski definition) is 3. The van der Waals surface area contributed by atoms with Crippen LogP contribution in [0.25, 0.3) is 0 Å². The molecule has 0 aromatic heterocycles. The molecular weight excluding hydrogens is 383 g/mol. The van der Waals surface area contributed by atoms with Crippen molar-refractivity contribution in [2.24, 2.45) is 0 Å². The summed E-state index contributed by atoms with van der Waals surface area (Å²) in [6, 6.07) is 11.4. The number of rotatable bonds is 6. The molecule has 0 fully saturated rings. The van der Waals surface area contributed by atoms with Crippen LogP contribution in [-0.4, -0.2) is 27.1 Å². The summed E-state index contributed by atoms with van der Waals surface area (Å²) < 4.78 is 25.6. The highest BCUT2D eigenvalue weighted by Gasteiger charge is 2.19. The lowest BCUT2D eigenvalue weighted by atomic mass is 10.1. The van der Waals surface area contributed by atoms with Crippen LogP contribution in [0.2, 0.25) is 10.0 Å². The van der Waals surface area contributed by atoms with Gasteiger partial charge in [0.25, 0.3) is 5.91 Å². The van der Waals surface area contributed by atoms with Crippen molar-refractivity contribution in [3.05, 3.63) is 63.6 Å². The minimum atomic E-state index is -3.55. The molecule has 0 atom stereocenters. The van der Waals surface area contributed by atoms with E-state index >= 15 is 0 Å². The number of carbonyl (C=O) groups is 1. The van der Waals surface area contributed by atoms with Gasteiger partial charge in [-0.3, -0.25) is 9.10 Å². The molecule has 25 heavy (non-hydrogen) atoms. The quantitative estimate of drug-likeness (QED) is 0.803. The average molecular weight is 401 g/mol. The SMILES string of the molecule is CCNC(=O)c1ccc(CN(c2cc(Cl)cc(Cl)c2)S(C)(=O)=O)cc1. The van der Waals surface area contributed by atoms with E-state index in [2.05, 4.69) is 5.32 Å². The topological polar surface area (TPSA) is 66.5 Å². The Morgan fingerprint density at radius 1 is 1.08 bits per heavy atom. The number of halogens is 2. The molecule has 8 heteroatoms. The standard InChI is InChI=1S/C17H18Cl2N2O3S/c1-3-20-17(22)13-6-4-12(5-7-13)11-21(25(2,23)24)16-9-14(18)8-15(19)10-16/h4-10H,3,11H2,1-2H3,(H,20,22). The lowest BCUT2D eigenvalue weighted by molar-refractivity contribution is 0.0956. The number of carbonyl (C=O) groups excluding carboxylic acids is 1. The van der Waals surface area contributed by atoms with E-state index in [0.717, 1.165) is 11.8 Å². The van der Waals surface area contributed by atoms with Gasteiger partial charge in [-0.1, -0.05) is 35.3 Å². The molecule has 2 aromatic rings. The first-order valence-electron chi connectivity index (χ1n) is 7.51. The van der Waals surface area contributed by atoms with E-state index in [1.165, 1.54) is 22.5 Å². The van der Waals surface area contributed by atoms with Crippen molar-refractivity contribution < 1.29 is 13.2 Å². The fourth-order valence-electron chi connectivity index (χ4n) is 2.27. The van der Waals surface area contributed by atoms with Gasteiger partial charge in [-0.25, -0.2) is 8.42 Å². The summed E-state index contributed by atoms with van der Waals surface area (Å²) in [7, 11) is -3.55. The van der Waals surface area contributed by atoms with E-state index in [9.17, 15) is 13.2 Å². The number of sulfonamides is 1. The number of nitrogens with one attached hydrogen (secondary N) is 1. The Labute approximate surface area is 157 Å². The number of anilines is 1. The first kappa shape index (κ1) is 19.6. The zero-order valence-corrected chi connectivity index (χ0v) is 16.1. The minimum absolute atomic E-state index is 0.102. The van der Waals surface area contributed by atoms with Crippen LogP contribution in [0, 0.1) is 0 Å². The average Bonchev–Trinajstić information content (AvgIpc) is 2.51. The van der Waals surface area contributed by atoms with Crippen LogP contribution in [-0.2, 0) is 16.6 Å². The normalized spacial score (nSPS) is 11.2. The van der Waals surface area contributed by atoms with Gasteiger partial charge in [0.1, 0.15) is 0 Å². The zero-order chi connectivity index (χ0) is 18.6. The summed E-state index contributed by atoms with van der Waals surface area (Å²) in [5.41, 5.74) is 1.63. The van der Waals surface area contributed by atoms with Crippen LogP contribution < -0.4 is 9.62 Å². The largest absolute Gasteiger partial charge is 0.352 e. The Morgan fingerprint density at radius 3 is 2.12 bits per heavy atom. The number of amides is 1. The molecule has 0 aliphatic heterocycles. The molecule has 5 nitrogen and oxygen atoms in total. The molecule has 1 amide bonds. The first-order valence-corrected chi connectivity index (χ1v) is 10.1. The van der Waals surface area contributed by atoms with Gasteiger partial charge in [-0.2, -0.15) is 0 Å². The second-order valence-electron chi connectivity index (χ2n) is 5.45. The zero-order valence-electron chi connectivity index (χ0n) is 13.8. The van der Waals surface area contributed by atoms with Gasteiger partial charge in [0.05, 0.1) is 18.5 Å². The van der Waals surface area contributed by atoms with Crippen molar-refractivity contribution in [1.82, 2.24) is 5.32 Å². The summed E-state index contributed by atoms with van der Waals surface area (Å²) in [6.45, 7) is 2.48. The van der Waals surface area contributed by atoms with Gasteiger partial charge >= 0.3 is 0 Å². The van der Waals surface area contributed by atoms with Crippen LogP contribution >= 0.6 is 23.2 Å². The van der Waals surface area contributed by atoms with Crippen LogP contribution in [0.4, 0.5) is 5.69 Å². The summed E-state index contributed by atoms with van der Waals surface area (Å²) in [5.74, 6) is -0.171. The molecule has 1 N–H and O–H groups in total. The Morgan fingerprint density at radius 2 is 1.64 bits per heavy atom. The van der Waals surface area contributed by atoms with Crippen molar-refractivity contribution in [3.63, 3.8) is 0 Å². The second-order valence-corrected chi connectivity index (χ2v) is 8.23. The fourth-order valence-corrected chi connectivity index (χ4v) is 3.66. The highest BCUT2D eigenvalue weighted by molar-refractivity contribution is 7.92. The van der Waals surface area contributed by atoms with Gasteiger partial charge in [0.15, 0.2) is 0 Å². The van der Waals surface area contributed by atoms with Gasteiger partial charge in [0, 0.05) is 22.2 Å². The van der Waals surface area contributed by atoms with Crippen molar-refractivity contribution in [3.8, 4) is 0 Å². The summed E-state index contributed by atoms with van der Waals surface area (Å²) in [6.07, 6.45) is 1.12. The van der Waals surface area contributed by atoms with Gasteiger partial charge in [-0.05, 0) is 42.8 Å². The van der Waals surface area contributed by atoms with E-state index in [0.29, 0.717) is 27.8 Å². The van der Waals surface area contributed by atoms with Crippen LogP contribution in [0.1, 0.15) is 22.8 Å². The van der Waals surface area contributed by atoms with Crippen LogP contribution in [0.15, 0.2) is 42.5 Å². The Kier molecular flexibility index (Phi) is 6.32. The Bertz CT molecular complexity index is 848. The molecule has 2 aromatic carbocycles. The van der Waals surface area contributed by atoms with Crippen LogP contribution in [0.3, 0.4) is 0 Å². The third kappa shape index (κ3) is 5.36. The number of benzene rings is 2. The predicted molar refractivity (Wildman–Crippen MR) is 102 cm³/mol. The minimum Gasteiger partial charge on any atom is -0.352 e. The van der Waals surface area contributed by atoms with Crippen molar-refractivity contribution in [2.45, 2.75) is 13.5 Å². The number of nitrogens with zero attached hydrogens (tertiary/aromatic N) is 1. The molecule has 0 unspecified atom stereocenters. The molecule has 0 radical (unpaired) electrons. The Balaban J connectivity index is 2.31. The molecule has 0 saturated heterocycles. The second kappa shape index (κ2) is 8.08. The maximum absolute atomic E-state index is 12.2. The fraction of sp³-hybridized carbons (Fsp3) is 0.235. The third-order valence-corrected chi connectivity index (χ3v) is 4.99. The van der Waals surface area contributed by atoms with Crippen molar-refractivity contribution in [1.29, 1.82) is 0 Å². The Hall–Kier alpha value is -1.76. The van der Waals surface area contributed by atoms with Crippen molar-refractivity contribution >= 4 is 44.8 Å². The summed E-state index contributed by atoms with van der Waals surface area (Å²) in [5, 5.41) is 3.41. The molecule has 134 valence electrons. The number of hydrogen-bond donors (Lipinski definition) is 1. The monoisotopic (exact) mass is 400 g/mol. The highest BCUT2D eigenvalue weighted by atomic mass is 35.5. The van der Waals surface area contributed by atoms with E-state index < -0.39 is 10.0 Å². The molecule has 0 aliphatic rings. The molecule has 0 saturated carbocycles. The van der Waals surface area contributed by atoms with E-state index in [-0.39, 0.29) is 12.5 Å². The highest BCUT2D eigenvalue weighted by Crippen LogP contribution is 2.28. The summed E-state index contributed by atoms with van der Waals surface area (Å²) >= 11 is 12.0. The molecule has 0 spiro atoms. The van der Waals surface area contributed by atoms with Gasteiger partial charge in [-0.15, -0.1) is 0 Å². The maximum atomic E-state index is 12.2. The smallest absolute Gasteiger partial charge is 0.251 e. The van der Waals surface area contributed by atoms with E-state index in [1.807, 2.05) is 6.92 Å². The lowest BCUT2D eigenvalue weighted by Gasteiger charge is -2.23. The molecule has 0 bridgehead atoms. The van der Waals surface area contributed by atoms with Gasteiger partial charge < -0.3 is 5.32 Å². The third-order valence-electron chi connectivity index (χ3n) is 3.42.